The van der Waals surface area contributed by atoms with Gasteiger partial charge in [-0.05, 0) is 30.5 Å². The van der Waals surface area contributed by atoms with Gasteiger partial charge in [0.15, 0.2) is 0 Å². The number of hydrogen-bond donors (Lipinski definition) is 1. The Labute approximate surface area is 201 Å². The van der Waals surface area contributed by atoms with E-state index < -0.39 is 29.7 Å². The summed E-state index contributed by atoms with van der Waals surface area (Å²) in [6, 6.07) is 14.8. The van der Waals surface area contributed by atoms with Gasteiger partial charge in [0.1, 0.15) is 16.6 Å². The van der Waals surface area contributed by atoms with Crippen LogP contribution in [0.4, 0.5) is 5.00 Å². The molecule has 34 heavy (non-hydrogen) atoms. The Kier molecular flexibility index (Phi) is 6.61. The number of carbonyl (C=O) groups is 4. The summed E-state index contributed by atoms with van der Waals surface area (Å²) in [6.07, 6.45) is 0. The van der Waals surface area contributed by atoms with Gasteiger partial charge in [-0.15, -0.1) is 11.3 Å². The third kappa shape index (κ3) is 4.12. The molecule has 1 atom stereocenters. The van der Waals surface area contributed by atoms with Crippen LogP contribution in [-0.4, -0.2) is 41.2 Å². The number of nitrogens with zero attached hydrogens (tertiary/aromatic N) is 1. The van der Waals surface area contributed by atoms with Crippen LogP contribution in [0.3, 0.4) is 0 Å². The maximum absolute atomic E-state index is 13.5. The largest absolute Gasteiger partial charge is 0.462 e. The van der Waals surface area contributed by atoms with Gasteiger partial charge >= 0.3 is 5.97 Å². The molecule has 0 spiro atoms. The zero-order valence-corrected chi connectivity index (χ0v) is 19.8. The highest BCUT2D eigenvalue weighted by molar-refractivity contribution is 7.15. The number of imide groups is 1. The van der Waals surface area contributed by atoms with Crippen LogP contribution in [-0.2, 0) is 9.53 Å². The van der Waals surface area contributed by atoms with Crippen molar-refractivity contribution in [2.24, 2.45) is 5.92 Å². The maximum atomic E-state index is 13.5. The fourth-order valence-corrected chi connectivity index (χ4v) is 5.01. The normalized spacial score (nSPS) is 13.7. The van der Waals surface area contributed by atoms with Crippen molar-refractivity contribution in [3.8, 4) is 11.1 Å². The van der Waals surface area contributed by atoms with E-state index in [1.807, 2.05) is 30.3 Å². The van der Waals surface area contributed by atoms with Gasteiger partial charge < -0.3 is 10.1 Å². The summed E-state index contributed by atoms with van der Waals surface area (Å²) in [6.45, 7) is 5.43. The number of anilines is 1. The van der Waals surface area contributed by atoms with Gasteiger partial charge in [-0.25, -0.2) is 4.79 Å². The van der Waals surface area contributed by atoms with Gasteiger partial charge in [0.05, 0.1) is 17.7 Å². The Balaban J connectivity index is 1.69. The van der Waals surface area contributed by atoms with E-state index in [4.69, 9.17) is 4.74 Å². The molecule has 7 nitrogen and oxygen atoms in total. The molecule has 0 unspecified atom stereocenters. The number of thiophene rings is 1. The van der Waals surface area contributed by atoms with Gasteiger partial charge in [-0.2, -0.15) is 0 Å². The Morgan fingerprint density at radius 3 is 2.09 bits per heavy atom. The molecule has 0 saturated heterocycles. The van der Waals surface area contributed by atoms with Crippen LogP contribution in [0.25, 0.3) is 11.1 Å². The lowest BCUT2D eigenvalue weighted by Gasteiger charge is -2.28. The SMILES string of the molecule is CCOC(=O)c1c(-c2ccccc2)csc1NC(=O)[C@H](C(C)C)N1C(=O)c2ccccc2C1=O. The van der Waals surface area contributed by atoms with Crippen molar-refractivity contribution in [1.82, 2.24) is 4.90 Å². The molecular formula is C26H24N2O5S. The smallest absolute Gasteiger partial charge is 0.341 e. The standard InChI is InChI=1S/C26H24N2O5S/c1-4-33-26(32)20-19(16-10-6-5-7-11-16)14-34-23(20)27-22(29)21(15(2)3)28-24(30)17-12-8-9-13-18(17)25(28)31/h5-15,21H,4H2,1-3H3,(H,27,29)/t21-/m0/s1. The summed E-state index contributed by atoms with van der Waals surface area (Å²) < 4.78 is 5.25. The molecule has 3 amide bonds. The number of carbonyl (C=O) groups excluding carboxylic acids is 4. The van der Waals surface area contributed by atoms with Gasteiger partial charge in [0.2, 0.25) is 5.91 Å². The number of benzene rings is 2. The average Bonchev–Trinajstić information content (AvgIpc) is 3.35. The number of fused-ring (bicyclic) bond motifs is 1. The van der Waals surface area contributed by atoms with Gasteiger partial charge in [0, 0.05) is 10.9 Å². The lowest BCUT2D eigenvalue weighted by atomic mass is 10.0. The molecule has 2 aromatic carbocycles. The first-order valence-corrected chi connectivity index (χ1v) is 11.8. The van der Waals surface area contributed by atoms with Crippen LogP contribution in [0.15, 0.2) is 60.0 Å². The summed E-state index contributed by atoms with van der Waals surface area (Å²) in [5, 5.41) is 4.89. The van der Waals surface area contributed by atoms with E-state index in [0.29, 0.717) is 10.6 Å². The lowest BCUT2D eigenvalue weighted by molar-refractivity contribution is -0.121. The van der Waals surface area contributed by atoms with Crippen LogP contribution in [0.5, 0.6) is 0 Å². The Morgan fingerprint density at radius 1 is 0.941 bits per heavy atom. The van der Waals surface area contributed by atoms with E-state index in [0.717, 1.165) is 10.5 Å². The summed E-state index contributed by atoms with van der Waals surface area (Å²) in [4.78, 5) is 53.3. The molecular weight excluding hydrogens is 452 g/mol. The molecule has 2 heterocycles. The predicted molar refractivity (Wildman–Crippen MR) is 130 cm³/mol. The monoisotopic (exact) mass is 476 g/mol. The highest BCUT2D eigenvalue weighted by atomic mass is 32.1. The first-order valence-electron chi connectivity index (χ1n) is 11.0. The molecule has 0 saturated carbocycles. The number of nitrogens with one attached hydrogen (secondary N) is 1. The van der Waals surface area contributed by atoms with Crippen molar-refractivity contribution in [3.63, 3.8) is 0 Å². The van der Waals surface area contributed by atoms with E-state index in [1.54, 1.807) is 50.4 Å². The first-order chi connectivity index (χ1) is 16.3. The number of ether oxygens (including phenoxy) is 1. The van der Waals surface area contributed by atoms with Crippen molar-refractivity contribution in [2.45, 2.75) is 26.8 Å². The molecule has 1 aromatic heterocycles. The fourth-order valence-electron chi connectivity index (χ4n) is 4.05. The Hall–Kier alpha value is -3.78. The Bertz CT molecular complexity index is 1230. The number of hydrogen-bond acceptors (Lipinski definition) is 6. The topological polar surface area (TPSA) is 92.8 Å². The summed E-state index contributed by atoms with van der Waals surface area (Å²) in [5.41, 5.74) is 2.25. The van der Waals surface area contributed by atoms with Gasteiger partial charge in [-0.3, -0.25) is 19.3 Å². The quantitative estimate of drug-likeness (QED) is 0.389. The molecule has 3 aromatic rings. The van der Waals surface area contributed by atoms with Crippen molar-refractivity contribution in [3.05, 3.63) is 76.7 Å². The third-order valence-corrected chi connectivity index (χ3v) is 6.49. The van der Waals surface area contributed by atoms with E-state index in [9.17, 15) is 19.2 Å². The molecule has 1 aliphatic rings. The van der Waals surface area contributed by atoms with E-state index in [1.165, 1.54) is 11.3 Å². The number of esters is 1. The minimum absolute atomic E-state index is 0.181. The summed E-state index contributed by atoms with van der Waals surface area (Å²) in [7, 11) is 0. The molecule has 1 N–H and O–H groups in total. The molecule has 0 radical (unpaired) electrons. The maximum Gasteiger partial charge on any atom is 0.341 e. The molecule has 4 rings (SSSR count). The minimum atomic E-state index is -1.05. The van der Waals surface area contributed by atoms with Crippen LogP contribution in [0.2, 0.25) is 0 Å². The van der Waals surface area contributed by atoms with Gasteiger partial charge in [0.25, 0.3) is 11.8 Å². The molecule has 0 fully saturated rings. The number of rotatable bonds is 7. The van der Waals surface area contributed by atoms with E-state index in [2.05, 4.69) is 5.32 Å². The summed E-state index contributed by atoms with van der Waals surface area (Å²) in [5.74, 6) is -2.47. The molecule has 8 heteroatoms. The van der Waals surface area contributed by atoms with Crippen molar-refractivity contribution < 1.29 is 23.9 Å². The molecule has 174 valence electrons. The number of amides is 3. The van der Waals surface area contributed by atoms with Crippen molar-refractivity contribution in [1.29, 1.82) is 0 Å². The van der Waals surface area contributed by atoms with Crippen LogP contribution in [0, 0.1) is 5.92 Å². The van der Waals surface area contributed by atoms with Crippen molar-refractivity contribution in [2.75, 3.05) is 11.9 Å². The molecule has 0 bridgehead atoms. The molecule has 0 aliphatic carbocycles. The highest BCUT2D eigenvalue weighted by Gasteiger charge is 2.44. The predicted octanol–water partition coefficient (Wildman–Crippen LogP) is 4.85. The van der Waals surface area contributed by atoms with Crippen LogP contribution >= 0.6 is 11.3 Å². The average molecular weight is 477 g/mol. The first kappa shape index (κ1) is 23.4. The van der Waals surface area contributed by atoms with Gasteiger partial charge in [-0.1, -0.05) is 56.3 Å². The van der Waals surface area contributed by atoms with E-state index in [-0.39, 0.29) is 29.2 Å². The third-order valence-electron chi connectivity index (χ3n) is 5.60. The zero-order valence-electron chi connectivity index (χ0n) is 19.0. The molecule has 1 aliphatic heterocycles. The van der Waals surface area contributed by atoms with Crippen molar-refractivity contribution >= 4 is 40.0 Å². The zero-order chi connectivity index (χ0) is 24.4. The van der Waals surface area contributed by atoms with Crippen LogP contribution < -0.4 is 5.32 Å². The second-order valence-electron chi connectivity index (χ2n) is 8.14. The second kappa shape index (κ2) is 9.61. The highest BCUT2D eigenvalue weighted by Crippen LogP contribution is 2.37. The Morgan fingerprint density at radius 2 is 1.53 bits per heavy atom. The fraction of sp³-hybridized carbons (Fsp3) is 0.231. The minimum Gasteiger partial charge on any atom is -0.462 e. The van der Waals surface area contributed by atoms with E-state index >= 15 is 0 Å². The summed E-state index contributed by atoms with van der Waals surface area (Å²) >= 11 is 1.19. The second-order valence-corrected chi connectivity index (χ2v) is 9.02. The lowest BCUT2D eigenvalue weighted by Crippen LogP contribution is -2.50. The van der Waals surface area contributed by atoms with Crippen LogP contribution in [0.1, 0.15) is 51.8 Å².